The highest BCUT2D eigenvalue weighted by Crippen LogP contribution is 2.22. The van der Waals surface area contributed by atoms with Crippen LogP contribution < -0.4 is 0 Å². The lowest BCUT2D eigenvalue weighted by atomic mass is 10.2. The summed E-state index contributed by atoms with van der Waals surface area (Å²) in [6, 6.07) is 11.7. The molecule has 3 aromatic rings. The molecule has 3 rings (SSSR count). The molecule has 2 heterocycles. The molecule has 0 fully saturated rings. The van der Waals surface area contributed by atoms with E-state index < -0.39 is 0 Å². The van der Waals surface area contributed by atoms with Gasteiger partial charge in [0.1, 0.15) is 5.76 Å². The summed E-state index contributed by atoms with van der Waals surface area (Å²) in [7, 11) is 1.82. The maximum atomic E-state index is 12.9. The molecule has 130 valence electrons. The van der Waals surface area contributed by atoms with E-state index in [1.165, 1.54) is 0 Å². The number of carbonyl (C=O) groups is 1. The Morgan fingerprint density at radius 3 is 2.48 bits per heavy atom. The van der Waals surface area contributed by atoms with Gasteiger partial charge in [0.25, 0.3) is 5.91 Å². The molecular weight excluding hydrogens is 382 g/mol. The highest BCUT2D eigenvalue weighted by molar-refractivity contribution is 9.10. The van der Waals surface area contributed by atoms with Gasteiger partial charge in [0.2, 0.25) is 0 Å². The van der Waals surface area contributed by atoms with Crippen LogP contribution in [0.15, 0.2) is 45.4 Å². The van der Waals surface area contributed by atoms with E-state index in [0.29, 0.717) is 17.9 Å². The van der Waals surface area contributed by atoms with Gasteiger partial charge < -0.3 is 9.42 Å². The van der Waals surface area contributed by atoms with Crippen LogP contribution in [-0.2, 0) is 6.54 Å². The van der Waals surface area contributed by atoms with E-state index >= 15 is 0 Å². The number of hydrogen-bond donors (Lipinski definition) is 0. The van der Waals surface area contributed by atoms with Crippen molar-refractivity contribution in [2.45, 2.75) is 27.3 Å². The standard InChI is InChI=1S/C19H20BrN3O2/c1-12-9-17(14(3)23(12)18-10-13(2)25-21-18)19(24)22(4)11-15-5-7-16(20)8-6-15/h5-10H,11H2,1-4H3. The first-order valence-electron chi connectivity index (χ1n) is 7.99. The van der Waals surface area contributed by atoms with Crippen LogP contribution >= 0.6 is 15.9 Å². The second-order valence-corrected chi connectivity index (χ2v) is 7.12. The molecule has 6 heteroatoms. The van der Waals surface area contributed by atoms with Crippen LogP contribution in [0.3, 0.4) is 0 Å². The molecule has 0 aliphatic rings. The van der Waals surface area contributed by atoms with Crippen molar-refractivity contribution in [3.05, 3.63) is 69.1 Å². The van der Waals surface area contributed by atoms with E-state index in [4.69, 9.17) is 4.52 Å². The molecule has 0 atom stereocenters. The van der Waals surface area contributed by atoms with Crippen LogP contribution in [0.1, 0.15) is 33.1 Å². The number of aromatic nitrogens is 2. The minimum Gasteiger partial charge on any atom is -0.360 e. The average Bonchev–Trinajstić information content (AvgIpc) is 3.11. The zero-order valence-electron chi connectivity index (χ0n) is 14.7. The van der Waals surface area contributed by atoms with Crippen LogP contribution in [0.4, 0.5) is 0 Å². The van der Waals surface area contributed by atoms with E-state index in [9.17, 15) is 4.79 Å². The summed E-state index contributed by atoms with van der Waals surface area (Å²) in [5.74, 6) is 1.42. The smallest absolute Gasteiger partial charge is 0.255 e. The molecule has 0 N–H and O–H groups in total. The fraction of sp³-hybridized carbons (Fsp3) is 0.263. The molecule has 5 nitrogen and oxygen atoms in total. The summed E-state index contributed by atoms with van der Waals surface area (Å²) >= 11 is 3.42. The van der Waals surface area contributed by atoms with Crippen LogP contribution in [0.25, 0.3) is 5.82 Å². The minimum absolute atomic E-state index is 0.0116. The first-order chi connectivity index (χ1) is 11.9. The fourth-order valence-electron chi connectivity index (χ4n) is 2.93. The van der Waals surface area contributed by atoms with E-state index in [-0.39, 0.29) is 5.91 Å². The molecular formula is C19H20BrN3O2. The second kappa shape index (κ2) is 6.88. The molecule has 1 aromatic carbocycles. The van der Waals surface area contributed by atoms with Gasteiger partial charge in [0.05, 0.1) is 5.56 Å². The highest BCUT2D eigenvalue weighted by Gasteiger charge is 2.21. The molecule has 0 saturated heterocycles. The Kier molecular flexibility index (Phi) is 4.81. The maximum absolute atomic E-state index is 12.9. The van der Waals surface area contributed by atoms with Gasteiger partial charge in [-0.3, -0.25) is 9.36 Å². The summed E-state index contributed by atoms with van der Waals surface area (Å²) in [6.45, 7) is 6.29. The summed E-state index contributed by atoms with van der Waals surface area (Å²) in [5, 5.41) is 4.06. The lowest BCUT2D eigenvalue weighted by Gasteiger charge is -2.17. The maximum Gasteiger partial charge on any atom is 0.255 e. The van der Waals surface area contributed by atoms with Crippen molar-refractivity contribution in [3.63, 3.8) is 0 Å². The quantitative estimate of drug-likeness (QED) is 0.649. The first kappa shape index (κ1) is 17.5. The van der Waals surface area contributed by atoms with Crippen LogP contribution in [0.2, 0.25) is 0 Å². The Morgan fingerprint density at radius 2 is 1.88 bits per heavy atom. The van der Waals surface area contributed by atoms with Crippen LogP contribution in [-0.4, -0.2) is 27.6 Å². The Morgan fingerprint density at radius 1 is 1.20 bits per heavy atom. The highest BCUT2D eigenvalue weighted by atomic mass is 79.9. The van der Waals surface area contributed by atoms with Crippen molar-refractivity contribution in [1.29, 1.82) is 0 Å². The molecule has 0 aliphatic heterocycles. The van der Waals surface area contributed by atoms with Gasteiger partial charge >= 0.3 is 0 Å². The molecule has 0 radical (unpaired) electrons. The lowest BCUT2D eigenvalue weighted by Crippen LogP contribution is -2.26. The summed E-state index contributed by atoms with van der Waals surface area (Å²) in [5.41, 5.74) is 3.57. The summed E-state index contributed by atoms with van der Waals surface area (Å²) in [6.07, 6.45) is 0. The zero-order valence-corrected chi connectivity index (χ0v) is 16.3. The molecule has 0 unspecified atom stereocenters. The normalized spacial score (nSPS) is 10.9. The predicted molar refractivity (Wildman–Crippen MR) is 100.0 cm³/mol. The van der Waals surface area contributed by atoms with Gasteiger partial charge in [-0.25, -0.2) is 0 Å². The number of nitrogens with zero attached hydrogens (tertiary/aromatic N) is 3. The molecule has 2 aromatic heterocycles. The van der Waals surface area contributed by atoms with Crippen molar-refractivity contribution in [2.75, 3.05) is 7.05 Å². The fourth-order valence-corrected chi connectivity index (χ4v) is 3.20. The summed E-state index contributed by atoms with van der Waals surface area (Å²) < 4.78 is 8.13. The van der Waals surface area contributed by atoms with Crippen LogP contribution in [0.5, 0.6) is 0 Å². The van der Waals surface area contributed by atoms with Gasteiger partial charge in [-0.15, -0.1) is 0 Å². The Balaban J connectivity index is 1.86. The van der Waals surface area contributed by atoms with E-state index in [0.717, 1.165) is 27.2 Å². The number of hydrogen-bond acceptors (Lipinski definition) is 3. The van der Waals surface area contributed by atoms with Crippen molar-refractivity contribution < 1.29 is 9.32 Å². The third kappa shape index (κ3) is 3.54. The number of benzene rings is 1. The zero-order chi connectivity index (χ0) is 18.1. The molecule has 0 aliphatic carbocycles. The monoisotopic (exact) mass is 401 g/mol. The van der Waals surface area contributed by atoms with Crippen molar-refractivity contribution in [1.82, 2.24) is 14.6 Å². The van der Waals surface area contributed by atoms with Crippen molar-refractivity contribution in [2.24, 2.45) is 0 Å². The minimum atomic E-state index is -0.0116. The van der Waals surface area contributed by atoms with Crippen molar-refractivity contribution >= 4 is 21.8 Å². The largest absolute Gasteiger partial charge is 0.360 e. The molecule has 0 bridgehead atoms. The van der Waals surface area contributed by atoms with Gasteiger partial charge in [-0.2, -0.15) is 0 Å². The Hall–Kier alpha value is -2.34. The number of rotatable bonds is 4. The predicted octanol–water partition coefficient (Wildman–Crippen LogP) is 4.43. The van der Waals surface area contributed by atoms with Gasteiger partial charge in [0, 0.05) is 35.5 Å². The molecule has 0 saturated carbocycles. The topological polar surface area (TPSA) is 51.3 Å². The van der Waals surface area contributed by atoms with Crippen molar-refractivity contribution in [3.8, 4) is 5.82 Å². The van der Waals surface area contributed by atoms with Gasteiger partial charge in [0.15, 0.2) is 5.82 Å². The summed E-state index contributed by atoms with van der Waals surface area (Å²) in [4.78, 5) is 14.6. The molecule has 25 heavy (non-hydrogen) atoms. The second-order valence-electron chi connectivity index (χ2n) is 6.20. The SMILES string of the molecule is Cc1cc(-n2c(C)cc(C(=O)N(C)Cc3ccc(Br)cc3)c2C)no1. The third-order valence-corrected chi connectivity index (χ3v) is 4.71. The van der Waals surface area contributed by atoms with Gasteiger partial charge in [-0.1, -0.05) is 33.2 Å². The van der Waals surface area contributed by atoms with E-state index in [2.05, 4.69) is 21.1 Å². The number of amides is 1. The lowest BCUT2D eigenvalue weighted by molar-refractivity contribution is 0.0784. The van der Waals surface area contributed by atoms with E-state index in [1.807, 2.05) is 68.8 Å². The Labute approximate surface area is 155 Å². The number of carbonyl (C=O) groups excluding carboxylic acids is 1. The molecule has 1 amide bonds. The average molecular weight is 402 g/mol. The van der Waals surface area contributed by atoms with Gasteiger partial charge in [-0.05, 0) is 44.5 Å². The first-order valence-corrected chi connectivity index (χ1v) is 8.78. The Bertz CT molecular complexity index is 909. The third-order valence-electron chi connectivity index (χ3n) is 4.19. The van der Waals surface area contributed by atoms with E-state index in [1.54, 1.807) is 4.90 Å². The number of halogens is 1. The molecule has 0 spiro atoms. The number of aryl methyl sites for hydroxylation is 2. The van der Waals surface area contributed by atoms with Crippen LogP contribution in [0, 0.1) is 20.8 Å².